The topological polar surface area (TPSA) is 109 Å². The predicted octanol–water partition coefficient (Wildman–Crippen LogP) is 1.10. The summed E-state index contributed by atoms with van der Waals surface area (Å²) >= 11 is 0. The first-order valence-electron chi connectivity index (χ1n) is 8.31. The van der Waals surface area contributed by atoms with E-state index in [1.54, 1.807) is 41.8 Å². The van der Waals surface area contributed by atoms with Crippen LogP contribution in [0, 0.1) is 0 Å². The van der Waals surface area contributed by atoms with Crippen molar-refractivity contribution in [3.05, 3.63) is 60.1 Å². The summed E-state index contributed by atoms with van der Waals surface area (Å²) in [6.45, 7) is 1.18. The van der Waals surface area contributed by atoms with Crippen LogP contribution in [0.3, 0.4) is 0 Å². The van der Waals surface area contributed by atoms with Crippen LogP contribution in [-0.4, -0.2) is 43.2 Å². The summed E-state index contributed by atoms with van der Waals surface area (Å²) < 4.78 is 7.04. The Hall–Kier alpha value is -3.36. The molecule has 0 saturated carbocycles. The molecule has 134 valence electrons. The standard InChI is InChI=1S/C17H18N6O3/c24-16(18-9-14-2-1-7-26-14)8-13-11-22(10-12-3-6-20-23(12)13)17(25)15-4-5-19-21-15/h1-7,13H,8-11H2,(H,18,24)(H,19,21)/t13-/m1/s1. The summed E-state index contributed by atoms with van der Waals surface area (Å²) in [5, 5.41) is 13.7. The SMILES string of the molecule is O=C(C[C@@H]1CN(C(=O)c2ccn[nH]2)Cc2ccnn21)NCc1ccco1. The summed E-state index contributed by atoms with van der Waals surface area (Å²) in [4.78, 5) is 26.7. The Kier molecular flexibility index (Phi) is 4.26. The Bertz CT molecular complexity index is 884. The number of fused-ring (bicyclic) bond motifs is 1. The monoisotopic (exact) mass is 354 g/mol. The molecular formula is C17H18N6O3. The number of hydrogen-bond donors (Lipinski definition) is 2. The fourth-order valence-electron chi connectivity index (χ4n) is 3.12. The van der Waals surface area contributed by atoms with E-state index in [-0.39, 0.29) is 24.3 Å². The molecule has 4 heterocycles. The third-order valence-electron chi connectivity index (χ3n) is 4.36. The smallest absolute Gasteiger partial charge is 0.272 e. The molecule has 0 fully saturated rings. The molecule has 2 amide bonds. The molecule has 0 radical (unpaired) electrons. The molecule has 9 nitrogen and oxygen atoms in total. The highest BCUT2D eigenvalue weighted by atomic mass is 16.3. The van der Waals surface area contributed by atoms with Gasteiger partial charge in [-0.1, -0.05) is 0 Å². The van der Waals surface area contributed by atoms with Crippen LogP contribution in [0.4, 0.5) is 0 Å². The Morgan fingerprint density at radius 2 is 2.23 bits per heavy atom. The lowest BCUT2D eigenvalue weighted by molar-refractivity contribution is -0.122. The summed E-state index contributed by atoms with van der Waals surface area (Å²) in [7, 11) is 0. The van der Waals surface area contributed by atoms with Gasteiger partial charge in [-0.05, 0) is 24.3 Å². The van der Waals surface area contributed by atoms with Crippen LogP contribution in [-0.2, 0) is 17.9 Å². The molecule has 0 saturated heterocycles. The summed E-state index contributed by atoms with van der Waals surface area (Å²) in [5.74, 6) is 0.428. The quantitative estimate of drug-likeness (QED) is 0.713. The molecule has 3 aromatic rings. The number of aromatic nitrogens is 4. The van der Waals surface area contributed by atoms with E-state index in [0.29, 0.717) is 31.1 Å². The zero-order valence-corrected chi connectivity index (χ0v) is 14.0. The first kappa shape index (κ1) is 16.1. The van der Waals surface area contributed by atoms with Crippen LogP contribution in [0.2, 0.25) is 0 Å². The van der Waals surface area contributed by atoms with Crippen LogP contribution >= 0.6 is 0 Å². The zero-order valence-electron chi connectivity index (χ0n) is 14.0. The molecule has 0 aromatic carbocycles. The zero-order chi connectivity index (χ0) is 17.9. The van der Waals surface area contributed by atoms with Crippen LogP contribution in [0.15, 0.2) is 47.3 Å². The van der Waals surface area contributed by atoms with E-state index in [0.717, 1.165) is 5.69 Å². The highest BCUT2D eigenvalue weighted by Gasteiger charge is 2.30. The second-order valence-electron chi connectivity index (χ2n) is 6.14. The van der Waals surface area contributed by atoms with E-state index >= 15 is 0 Å². The molecule has 1 aliphatic heterocycles. The van der Waals surface area contributed by atoms with Crippen molar-refractivity contribution >= 4 is 11.8 Å². The third kappa shape index (κ3) is 3.23. The average Bonchev–Trinajstić information content (AvgIpc) is 3.41. The molecule has 0 unspecified atom stereocenters. The lowest BCUT2D eigenvalue weighted by Crippen LogP contribution is -2.43. The highest BCUT2D eigenvalue weighted by Crippen LogP contribution is 2.24. The lowest BCUT2D eigenvalue weighted by Gasteiger charge is -2.33. The maximum Gasteiger partial charge on any atom is 0.272 e. The van der Waals surface area contributed by atoms with E-state index < -0.39 is 0 Å². The van der Waals surface area contributed by atoms with Gasteiger partial charge in [-0.3, -0.25) is 19.4 Å². The van der Waals surface area contributed by atoms with E-state index in [4.69, 9.17) is 4.42 Å². The normalized spacial score (nSPS) is 16.3. The van der Waals surface area contributed by atoms with E-state index in [1.807, 2.05) is 10.7 Å². The number of hydrogen-bond acceptors (Lipinski definition) is 5. The Labute approximate surface area is 149 Å². The van der Waals surface area contributed by atoms with Crippen molar-refractivity contribution in [2.75, 3.05) is 6.54 Å². The second kappa shape index (κ2) is 6.87. The van der Waals surface area contributed by atoms with Crippen molar-refractivity contribution in [3.8, 4) is 0 Å². The first-order valence-corrected chi connectivity index (χ1v) is 8.31. The van der Waals surface area contributed by atoms with E-state index in [9.17, 15) is 9.59 Å². The van der Waals surface area contributed by atoms with E-state index in [1.165, 1.54) is 0 Å². The largest absolute Gasteiger partial charge is 0.467 e. The maximum absolute atomic E-state index is 12.6. The summed E-state index contributed by atoms with van der Waals surface area (Å²) in [6, 6.07) is 6.85. The first-order chi connectivity index (χ1) is 12.7. The molecular weight excluding hydrogens is 336 g/mol. The van der Waals surface area contributed by atoms with Gasteiger partial charge in [0.2, 0.25) is 5.91 Å². The number of furan rings is 1. The number of aromatic amines is 1. The maximum atomic E-state index is 12.6. The third-order valence-corrected chi connectivity index (χ3v) is 4.36. The van der Waals surface area contributed by atoms with Crippen LogP contribution in [0.5, 0.6) is 0 Å². The Balaban J connectivity index is 1.44. The number of amides is 2. The predicted molar refractivity (Wildman–Crippen MR) is 89.8 cm³/mol. The minimum atomic E-state index is -0.225. The fourth-order valence-corrected chi connectivity index (χ4v) is 3.12. The molecule has 3 aromatic heterocycles. The van der Waals surface area contributed by atoms with E-state index in [2.05, 4.69) is 20.6 Å². The van der Waals surface area contributed by atoms with Crippen molar-refractivity contribution in [2.24, 2.45) is 0 Å². The van der Waals surface area contributed by atoms with Crippen LogP contribution in [0.1, 0.15) is 34.4 Å². The van der Waals surface area contributed by atoms with Crippen molar-refractivity contribution in [2.45, 2.75) is 25.6 Å². The Morgan fingerprint density at radius 1 is 1.31 bits per heavy atom. The van der Waals surface area contributed by atoms with Crippen molar-refractivity contribution in [1.29, 1.82) is 0 Å². The van der Waals surface area contributed by atoms with Gasteiger partial charge in [-0.25, -0.2) is 0 Å². The molecule has 0 bridgehead atoms. The number of nitrogens with one attached hydrogen (secondary N) is 2. The van der Waals surface area contributed by atoms with Gasteiger partial charge in [0.25, 0.3) is 5.91 Å². The van der Waals surface area contributed by atoms with Gasteiger partial charge in [0.1, 0.15) is 11.5 Å². The van der Waals surface area contributed by atoms with Gasteiger partial charge in [0, 0.05) is 18.9 Å². The number of carbonyl (C=O) groups is 2. The van der Waals surface area contributed by atoms with Crippen molar-refractivity contribution < 1.29 is 14.0 Å². The summed E-state index contributed by atoms with van der Waals surface area (Å²) in [6.07, 6.45) is 5.02. The van der Waals surface area contributed by atoms with Gasteiger partial charge < -0.3 is 14.6 Å². The average molecular weight is 354 g/mol. The molecule has 0 aliphatic carbocycles. The fraction of sp³-hybridized carbons (Fsp3) is 0.294. The minimum Gasteiger partial charge on any atom is -0.467 e. The second-order valence-corrected chi connectivity index (χ2v) is 6.14. The highest BCUT2D eigenvalue weighted by molar-refractivity contribution is 5.92. The molecule has 2 N–H and O–H groups in total. The van der Waals surface area contributed by atoms with Gasteiger partial charge >= 0.3 is 0 Å². The van der Waals surface area contributed by atoms with Gasteiger partial charge in [0.15, 0.2) is 0 Å². The number of rotatable bonds is 5. The van der Waals surface area contributed by atoms with Gasteiger partial charge in [-0.2, -0.15) is 10.2 Å². The molecule has 0 spiro atoms. The number of nitrogens with zero attached hydrogens (tertiary/aromatic N) is 4. The lowest BCUT2D eigenvalue weighted by atomic mass is 10.1. The van der Waals surface area contributed by atoms with Crippen molar-refractivity contribution in [1.82, 2.24) is 30.2 Å². The molecule has 4 rings (SSSR count). The molecule has 1 aliphatic rings. The number of carbonyl (C=O) groups excluding carboxylic acids is 2. The molecule has 9 heteroatoms. The molecule has 26 heavy (non-hydrogen) atoms. The van der Waals surface area contributed by atoms with Gasteiger partial charge in [-0.15, -0.1) is 0 Å². The van der Waals surface area contributed by atoms with Crippen LogP contribution in [0.25, 0.3) is 0 Å². The van der Waals surface area contributed by atoms with Crippen LogP contribution < -0.4 is 5.32 Å². The number of H-pyrrole nitrogens is 1. The van der Waals surface area contributed by atoms with Crippen molar-refractivity contribution in [3.63, 3.8) is 0 Å². The minimum absolute atomic E-state index is 0.122. The molecule has 1 atom stereocenters. The summed E-state index contributed by atoms with van der Waals surface area (Å²) in [5.41, 5.74) is 1.33. The Morgan fingerprint density at radius 3 is 3.00 bits per heavy atom. The van der Waals surface area contributed by atoms with Gasteiger partial charge in [0.05, 0.1) is 37.5 Å².